The second kappa shape index (κ2) is 3.81. The molecule has 0 saturated heterocycles. The van der Waals surface area contributed by atoms with Gasteiger partial charge in [0.1, 0.15) is 16.5 Å². The van der Waals surface area contributed by atoms with Crippen molar-refractivity contribution in [1.29, 1.82) is 0 Å². The fourth-order valence-corrected chi connectivity index (χ4v) is 1.39. The molecule has 0 saturated carbocycles. The number of amides is 1. The molecule has 4 nitrogen and oxygen atoms in total. The molecule has 0 aliphatic heterocycles. The molecule has 1 rings (SSSR count). The lowest BCUT2D eigenvalue weighted by Crippen LogP contribution is -2.20. The van der Waals surface area contributed by atoms with Gasteiger partial charge in [-0.25, -0.2) is 4.98 Å². The summed E-state index contributed by atoms with van der Waals surface area (Å²) >= 11 is 11.3. The molecule has 13 heavy (non-hydrogen) atoms. The molecule has 0 bridgehead atoms. The Bertz CT molecular complexity index is 331. The summed E-state index contributed by atoms with van der Waals surface area (Å²) in [7, 11) is 1.48. The minimum absolute atomic E-state index is 0.0249. The number of hydrogen-bond donors (Lipinski definition) is 2. The Hall–Kier alpha value is -1.00. The van der Waals surface area contributed by atoms with Crippen molar-refractivity contribution in [3.63, 3.8) is 0 Å². The van der Waals surface area contributed by atoms with E-state index in [-0.39, 0.29) is 27.5 Å². The monoisotopic (exact) mass is 219 g/mol. The van der Waals surface area contributed by atoms with E-state index in [0.29, 0.717) is 0 Å². The van der Waals surface area contributed by atoms with Crippen LogP contribution in [-0.2, 0) is 0 Å². The SMILES string of the molecule is CNC(=O)c1c(Cl)cc(Cl)nc1N. The highest BCUT2D eigenvalue weighted by Crippen LogP contribution is 2.23. The Balaban J connectivity index is 3.28. The molecule has 3 N–H and O–H groups in total. The van der Waals surface area contributed by atoms with E-state index >= 15 is 0 Å². The standard InChI is InChI=1S/C7H7Cl2N3O/c1-11-7(13)5-3(8)2-4(9)12-6(5)10/h2H,1H3,(H2,10,12)(H,11,13). The van der Waals surface area contributed by atoms with Gasteiger partial charge in [-0.1, -0.05) is 23.2 Å². The zero-order valence-corrected chi connectivity index (χ0v) is 8.28. The Kier molecular flexibility index (Phi) is 2.95. The molecule has 70 valence electrons. The van der Waals surface area contributed by atoms with Crippen molar-refractivity contribution in [3.05, 3.63) is 21.8 Å². The minimum atomic E-state index is -0.383. The highest BCUT2D eigenvalue weighted by Gasteiger charge is 2.14. The van der Waals surface area contributed by atoms with Crippen LogP contribution in [0, 0.1) is 0 Å². The van der Waals surface area contributed by atoms with E-state index in [0.717, 1.165) is 0 Å². The van der Waals surface area contributed by atoms with Gasteiger partial charge in [-0.05, 0) is 6.07 Å². The number of nitrogens with two attached hydrogens (primary N) is 1. The van der Waals surface area contributed by atoms with Crippen LogP contribution >= 0.6 is 23.2 Å². The summed E-state index contributed by atoms with van der Waals surface area (Å²) < 4.78 is 0. The normalized spacial score (nSPS) is 9.77. The number of aromatic nitrogens is 1. The van der Waals surface area contributed by atoms with Gasteiger partial charge < -0.3 is 11.1 Å². The third kappa shape index (κ3) is 2.02. The van der Waals surface area contributed by atoms with Crippen LogP contribution in [-0.4, -0.2) is 17.9 Å². The van der Waals surface area contributed by atoms with Crippen molar-refractivity contribution in [2.24, 2.45) is 0 Å². The molecule has 1 aromatic rings. The van der Waals surface area contributed by atoms with Gasteiger partial charge in [0, 0.05) is 7.05 Å². The molecule has 6 heteroatoms. The number of carbonyl (C=O) groups is 1. The molecular formula is C7H7Cl2N3O. The Labute approximate surface area is 85.0 Å². The molecule has 0 aliphatic carbocycles. The maximum absolute atomic E-state index is 11.2. The Morgan fingerprint density at radius 2 is 2.23 bits per heavy atom. The molecule has 0 unspecified atom stereocenters. The third-order valence-electron chi connectivity index (χ3n) is 1.42. The van der Waals surface area contributed by atoms with Crippen molar-refractivity contribution in [1.82, 2.24) is 10.3 Å². The summed E-state index contributed by atoms with van der Waals surface area (Å²) in [6.45, 7) is 0. The van der Waals surface area contributed by atoms with Crippen LogP contribution in [0.1, 0.15) is 10.4 Å². The van der Waals surface area contributed by atoms with Gasteiger partial charge in [0.15, 0.2) is 0 Å². The number of hydrogen-bond acceptors (Lipinski definition) is 3. The number of rotatable bonds is 1. The van der Waals surface area contributed by atoms with E-state index in [1.807, 2.05) is 0 Å². The number of nitrogen functional groups attached to an aromatic ring is 1. The molecule has 1 aromatic heterocycles. The lowest BCUT2D eigenvalue weighted by Gasteiger charge is -2.05. The maximum Gasteiger partial charge on any atom is 0.256 e. The first kappa shape index (κ1) is 10.1. The van der Waals surface area contributed by atoms with Gasteiger partial charge in [-0.15, -0.1) is 0 Å². The summed E-state index contributed by atoms with van der Waals surface area (Å²) in [5, 5.41) is 2.75. The number of carbonyl (C=O) groups excluding carboxylic acids is 1. The molecular weight excluding hydrogens is 213 g/mol. The van der Waals surface area contributed by atoms with Gasteiger partial charge in [0.05, 0.1) is 5.02 Å². The van der Waals surface area contributed by atoms with Crippen molar-refractivity contribution in [2.75, 3.05) is 12.8 Å². The molecule has 1 amide bonds. The average Bonchev–Trinajstić information content (AvgIpc) is 2.02. The van der Waals surface area contributed by atoms with Crippen molar-refractivity contribution >= 4 is 34.9 Å². The number of pyridine rings is 1. The van der Waals surface area contributed by atoms with Crippen LogP contribution in [0.3, 0.4) is 0 Å². The molecule has 1 heterocycles. The number of nitrogens with zero attached hydrogens (tertiary/aromatic N) is 1. The van der Waals surface area contributed by atoms with E-state index in [2.05, 4.69) is 10.3 Å². The van der Waals surface area contributed by atoms with E-state index in [1.54, 1.807) is 0 Å². The Morgan fingerprint density at radius 3 is 2.69 bits per heavy atom. The fraction of sp³-hybridized carbons (Fsp3) is 0.143. The first-order valence-electron chi connectivity index (χ1n) is 3.40. The van der Waals surface area contributed by atoms with Gasteiger partial charge in [-0.3, -0.25) is 4.79 Å². The fourth-order valence-electron chi connectivity index (χ4n) is 0.852. The van der Waals surface area contributed by atoms with E-state index < -0.39 is 0 Å². The second-order valence-corrected chi connectivity index (χ2v) is 3.06. The van der Waals surface area contributed by atoms with Crippen molar-refractivity contribution < 1.29 is 4.79 Å². The largest absolute Gasteiger partial charge is 0.383 e. The summed E-state index contributed by atoms with van der Waals surface area (Å²) in [4.78, 5) is 14.9. The molecule has 0 radical (unpaired) electrons. The minimum Gasteiger partial charge on any atom is -0.383 e. The zero-order valence-electron chi connectivity index (χ0n) is 6.77. The van der Waals surface area contributed by atoms with Crippen LogP contribution in [0.5, 0.6) is 0 Å². The Morgan fingerprint density at radius 1 is 1.62 bits per heavy atom. The molecule has 0 aliphatic rings. The topological polar surface area (TPSA) is 68.0 Å². The zero-order chi connectivity index (χ0) is 10.0. The summed E-state index contributed by atoms with van der Waals surface area (Å²) in [6.07, 6.45) is 0. The van der Waals surface area contributed by atoms with E-state index in [9.17, 15) is 4.79 Å². The van der Waals surface area contributed by atoms with E-state index in [4.69, 9.17) is 28.9 Å². The van der Waals surface area contributed by atoms with Gasteiger partial charge in [0.25, 0.3) is 5.91 Å². The quantitative estimate of drug-likeness (QED) is 0.701. The third-order valence-corrected chi connectivity index (χ3v) is 1.91. The number of nitrogens with one attached hydrogen (secondary N) is 1. The summed E-state index contributed by atoms with van der Waals surface area (Å²) in [6, 6.07) is 1.37. The van der Waals surface area contributed by atoms with Crippen molar-refractivity contribution in [2.45, 2.75) is 0 Å². The van der Waals surface area contributed by atoms with Crippen LogP contribution in [0.25, 0.3) is 0 Å². The lowest BCUT2D eigenvalue weighted by atomic mass is 10.2. The van der Waals surface area contributed by atoms with Crippen LogP contribution in [0.4, 0.5) is 5.82 Å². The lowest BCUT2D eigenvalue weighted by molar-refractivity contribution is 0.0964. The molecule has 0 fully saturated rings. The van der Waals surface area contributed by atoms with Gasteiger partial charge >= 0.3 is 0 Å². The predicted octanol–water partition coefficient (Wildman–Crippen LogP) is 1.33. The smallest absolute Gasteiger partial charge is 0.256 e. The van der Waals surface area contributed by atoms with Crippen LogP contribution in [0.2, 0.25) is 10.2 Å². The van der Waals surface area contributed by atoms with Crippen LogP contribution < -0.4 is 11.1 Å². The predicted molar refractivity (Wildman–Crippen MR) is 52.1 cm³/mol. The summed E-state index contributed by atoms with van der Waals surface area (Å²) in [5.74, 6) is -0.358. The highest BCUT2D eigenvalue weighted by atomic mass is 35.5. The molecule has 0 spiro atoms. The highest BCUT2D eigenvalue weighted by molar-refractivity contribution is 6.36. The van der Waals surface area contributed by atoms with Crippen LogP contribution in [0.15, 0.2) is 6.07 Å². The number of halogens is 2. The second-order valence-electron chi connectivity index (χ2n) is 2.27. The molecule has 0 atom stereocenters. The molecule has 0 aromatic carbocycles. The first-order valence-corrected chi connectivity index (χ1v) is 4.15. The average molecular weight is 220 g/mol. The van der Waals surface area contributed by atoms with Crippen molar-refractivity contribution in [3.8, 4) is 0 Å². The first-order chi connectivity index (χ1) is 6.06. The maximum atomic E-state index is 11.2. The van der Waals surface area contributed by atoms with E-state index in [1.165, 1.54) is 13.1 Å². The summed E-state index contributed by atoms with van der Waals surface area (Å²) in [5.41, 5.74) is 5.60. The van der Waals surface area contributed by atoms with Gasteiger partial charge in [0.2, 0.25) is 0 Å². The van der Waals surface area contributed by atoms with Gasteiger partial charge in [-0.2, -0.15) is 0 Å². The number of anilines is 1.